The SMILES string of the molecule is C=CCNC(=O)c1ccccc1NC(=O)[C@H](CC)Oc1ccc(C)c(C)c1. The summed E-state index contributed by atoms with van der Waals surface area (Å²) in [6, 6.07) is 12.6. The second-order valence-electron chi connectivity index (χ2n) is 6.29. The number of rotatable bonds is 8. The van der Waals surface area contributed by atoms with Gasteiger partial charge in [-0.15, -0.1) is 6.58 Å². The van der Waals surface area contributed by atoms with Crippen molar-refractivity contribution in [2.24, 2.45) is 0 Å². The molecule has 0 spiro atoms. The molecule has 0 aromatic heterocycles. The highest BCUT2D eigenvalue weighted by atomic mass is 16.5. The Bertz CT molecular complexity index is 830. The lowest BCUT2D eigenvalue weighted by atomic mass is 10.1. The zero-order chi connectivity index (χ0) is 19.8. The molecule has 0 radical (unpaired) electrons. The zero-order valence-electron chi connectivity index (χ0n) is 16.0. The maximum Gasteiger partial charge on any atom is 0.265 e. The molecule has 0 aliphatic carbocycles. The van der Waals surface area contributed by atoms with E-state index < -0.39 is 6.10 Å². The monoisotopic (exact) mass is 366 g/mol. The highest BCUT2D eigenvalue weighted by Crippen LogP contribution is 2.20. The van der Waals surface area contributed by atoms with Crippen molar-refractivity contribution in [3.63, 3.8) is 0 Å². The first-order chi connectivity index (χ1) is 13.0. The smallest absolute Gasteiger partial charge is 0.265 e. The van der Waals surface area contributed by atoms with Crippen molar-refractivity contribution in [3.8, 4) is 5.75 Å². The van der Waals surface area contributed by atoms with Gasteiger partial charge in [0.05, 0.1) is 11.3 Å². The first kappa shape index (κ1) is 20.2. The third kappa shape index (κ3) is 5.45. The molecule has 2 N–H and O–H groups in total. The van der Waals surface area contributed by atoms with Crippen molar-refractivity contribution >= 4 is 17.5 Å². The molecule has 2 amide bonds. The fourth-order valence-electron chi connectivity index (χ4n) is 2.54. The minimum Gasteiger partial charge on any atom is -0.481 e. The second-order valence-corrected chi connectivity index (χ2v) is 6.29. The van der Waals surface area contributed by atoms with E-state index in [2.05, 4.69) is 17.2 Å². The number of anilines is 1. The van der Waals surface area contributed by atoms with Crippen LogP contribution in [0.15, 0.2) is 55.1 Å². The Morgan fingerprint density at radius 2 is 1.89 bits per heavy atom. The topological polar surface area (TPSA) is 67.4 Å². The van der Waals surface area contributed by atoms with E-state index in [1.807, 2.05) is 39.0 Å². The number of para-hydroxylation sites is 1. The Kier molecular flexibility index (Phi) is 7.17. The molecule has 0 bridgehead atoms. The van der Waals surface area contributed by atoms with Crippen LogP contribution >= 0.6 is 0 Å². The fraction of sp³-hybridized carbons (Fsp3) is 0.273. The summed E-state index contributed by atoms with van der Waals surface area (Å²) in [5.41, 5.74) is 3.12. The minimum atomic E-state index is -0.656. The van der Waals surface area contributed by atoms with Crippen LogP contribution in [0.2, 0.25) is 0 Å². The molecule has 0 saturated heterocycles. The standard InChI is InChI=1S/C22H26N2O3/c1-5-13-23-21(25)18-9-7-8-10-19(18)24-22(26)20(6-2)27-17-12-11-15(3)16(4)14-17/h5,7-12,14,20H,1,6,13H2,2-4H3,(H,23,25)(H,24,26)/t20-/m0/s1. The van der Waals surface area contributed by atoms with E-state index in [9.17, 15) is 9.59 Å². The van der Waals surface area contributed by atoms with Gasteiger partial charge in [0.2, 0.25) is 0 Å². The number of aryl methyl sites for hydroxylation is 2. The molecular weight excluding hydrogens is 340 g/mol. The number of carbonyl (C=O) groups is 2. The van der Waals surface area contributed by atoms with Gasteiger partial charge in [-0.05, 0) is 55.7 Å². The quantitative estimate of drug-likeness (QED) is 0.694. The summed E-state index contributed by atoms with van der Waals surface area (Å²) in [7, 11) is 0. The van der Waals surface area contributed by atoms with Crippen LogP contribution < -0.4 is 15.4 Å². The maximum atomic E-state index is 12.7. The van der Waals surface area contributed by atoms with E-state index in [0.29, 0.717) is 30.0 Å². The highest BCUT2D eigenvalue weighted by molar-refractivity contribution is 6.04. The molecule has 5 nitrogen and oxygen atoms in total. The predicted molar refractivity (Wildman–Crippen MR) is 108 cm³/mol. The number of nitrogens with one attached hydrogen (secondary N) is 2. The van der Waals surface area contributed by atoms with Crippen LogP contribution in [0.4, 0.5) is 5.69 Å². The Morgan fingerprint density at radius 1 is 1.15 bits per heavy atom. The number of carbonyl (C=O) groups excluding carboxylic acids is 2. The molecule has 0 heterocycles. The van der Waals surface area contributed by atoms with Crippen LogP contribution in [0, 0.1) is 13.8 Å². The van der Waals surface area contributed by atoms with Crippen molar-refractivity contribution in [2.75, 3.05) is 11.9 Å². The first-order valence-corrected chi connectivity index (χ1v) is 8.99. The molecule has 142 valence electrons. The Morgan fingerprint density at radius 3 is 2.56 bits per heavy atom. The average Bonchev–Trinajstić information content (AvgIpc) is 2.67. The number of ether oxygens (including phenoxy) is 1. The van der Waals surface area contributed by atoms with Gasteiger partial charge in [-0.25, -0.2) is 0 Å². The van der Waals surface area contributed by atoms with E-state index in [4.69, 9.17) is 4.74 Å². The van der Waals surface area contributed by atoms with E-state index >= 15 is 0 Å². The third-order valence-electron chi connectivity index (χ3n) is 4.26. The van der Waals surface area contributed by atoms with Gasteiger partial charge in [-0.2, -0.15) is 0 Å². The summed E-state index contributed by atoms with van der Waals surface area (Å²) in [5, 5.41) is 5.53. The molecule has 0 saturated carbocycles. The Balaban J connectivity index is 2.13. The number of benzene rings is 2. The zero-order valence-corrected chi connectivity index (χ0v) is 16.0. The van der Waals surface area contributed by atoms with E-state index in [-0.39, 0.29) is 11.8 Å². The van der Waals surface area contributed by atoms with Gasteiger partial charge in [0, 0.05) is 6.54 Å². The van der Waals surface area contributed by atoms with Crippen LogP contribution in [-0.4, -0.2) is 24.5 Å². The molecule has 1 atom stereocenters. The molecular formula is C22H26N2O3. The summed E-state index contributed by atoms with van der Waals surface area (Å²) in [5.74, 6) is 0.0886. The van der Waals surface area contributed by atoms with Gasteiger partial charge >= 0.3 is 0 Å². The fourth-order valence-corrected chi connectivity index (χ4v) is 2.54. The van der Waals surface area contributed by atoms with Crippen molar-refractivity contribution in [1.82, 2.24) is 5.32 Å². The van der Waals surface area contributed by atoms with E-state index in [1.54, 1.807) is 30.3 Å². The normalized spacial score (nSPS) is 11.4. The van der Waals surface area contributed by atoms with Crippen LogP contribution in [0.25, 0.3) is 0 Å². The number of hydrogen-bond acceptors (Lipinski definition) is 3. The molecule has 2 aromatic carbocycles. The number of hydrogen-bond donors (Lipinski definition) is 2. The summed E-state index contributed by atoms with van der Waals surface area (Å²) in [6.45, 7) is 9.85. The van der Waals surface area contributed by atoms with Crippen molar-refractivity contribution in [1.29, 1.82) is 0 Å². The van der Waals surface area contributed by atoms with E-state index in [1.165, 1.54) is 5.56 Å². The lowest BCUT2D eigenvalue weighted by molar-refractivity contribution is -0.122. The molecule has 5 heteroatoms. The molecule has 0 fully saturated rings. The minimum absolute atomic E-state index is 0.270. The summed E-state index contributed by atoms with van der Waals surface area (Å²) < 4.78 is 5.87. The summed E-state index contributed by atoms with van der Waals surface area (Å²) >= 11 is 0. The largest absolute Gasteiger partial charge is 0.481 e. The first-order valence-electron chi connectivity index (χ1n) is 8.99. The van der Waals surface area contributed by atoms with Crippen molar-refractivity contribution < 1.29 is 14.3 Å². The molecule has 2 rings (SSSR count). The predicted octanol–water partition coefficient (Wildman–Crippen LogP) is 4.02. The molecule has 0 aliphatic rings. The lowest BCUT2D eigenvalue weighted by Gasteiger charge is -2.19. The number of amides is 2. The third-order valence-corrected chi connectivity index (χ3v) is 4.26. The average molecular weight is 366 g/mol. The molecule has 0 unspecified atom stereocenters. The summed E-state index contributed by atoms with van der Waals surface area (Å²) in [6.07, 6.45) is 1.45. The molecule has 0 aliphatic heterocycles. The molecule has 27 heavy (non-hydrogen) atoms. The van der Waals surface area contributed by atoms with Crippen LogP contribution in [0.5, 0.6) is 5.75 Å². The Labute approximate surface area is 160 Å². The van der Waals surface area contributed by atoms with Gasteiger partial charge in [-0.3, -0.25) is 9.59 Å². The highest BCUT2D eigenvalue weighted by Gasteiger charge is 2.21. The van der Waals surface area contributed by atoms with Gasteiger partial charge < -0.3 is 15.4 Å². The van der Waals surface area contributed by atoms with E-state index in [0.717, 1.165) is 5.56 Å². The van der Waals surface area contributed by atoms with Gasteiger partial charge in [0.1, 0.15) is 5.75 Å². The van der Waals surface area contributed by atoms with Gasteiger partial charge in [-0.1, -0.05) is 31.2 Å². The van der Waals surface area contributed by atoms with Crippen LogP contribution in [0.1, 0.15) is 34.8 Å². The van der Waals surface area contributed by atoms with Crippen LogP contribution in [0.3, 0.4) is 0 Å². The second kappa shape index (κ2) is 9.57. The molecule has 2 aromatic rings. The van der Waals surface area contributed by atoms with Crippen LogP contribution in [-0.2, 0) is 4.79 Å². The summed E-state index contributed by atoms with van der Waals surface area (Å²) in [4.78, 5) is 25.0. The van der Waals surface area contributed by atoms with Crippen molar-refractivity contribution in [2.45, 2.75) is 33.3 Å². The lowest BCUT2D eigenvalue weighted by Crippen LogP contribution is -2.33. The maximum absolute atomic E-state index is 12.7. The van der Waals surface area contributed by atoms with Gasteiger partial charge in [0.15, 0.2) is 6.10 Å². The van der Waals surface area contributed by atoms with Crippen molar-refractivity contribution in [3.05, 3.63) is 71.8 Å². The van der Waals surface area contributed by atoms with Gasteiger partial charge in [0.25, 0.3) is 11.8 Å². The Hall–Kier alpha value is -3.08.